The van der Waals surface area contributed by atoms with Gasteiger partial charge in [0.2, 0.25) is 11.9 Å². The van der Waals surface area contributed by atoms with E-state index in [-0.39, 0.29) is 36.3 Å². The van der Waals surface area contributed by atoms with Crippen LogP contribution in [0.3, 0.4) is 0 Å². The summed E-state index contributed by atoms with van der Waals surface area (Å²) in [6, 6.07) is 11.2. The summed E-state index contributed by atoms with van der Waals surface area (Å²) in [6.07, 6.45) is -7.93. The number of aliphatic hydroxyl groups is 1. The molecule has 0 bridgehead atoms. The van der Waals surface area contributed by atoms with Gasteiger partial charge in [0, 0.05) is 23.7 Å². The van der Waals surface area contributed by atoms with Crippen molar-refractivity contribution in [1.82, 2.24) is 30.3 Å². The number of rotatable bonds is 7. The quantitative estimate of drug-likeness (QED) is 0.243. The van der Waals surface area contributed by atoms with Gasteiger partial charge >= 0.3 is 12.2 Å². The number of hydrogen-bond acceptors (Lipinski definition) is 7. The van der Waals surface area contributed by atoms with Crippen molar-refractivity contribution >= 4 is 46.9 Å². The van der Waals surface area contributed by atoms with Crippen LogP contribution in [0.4, 0.5) is 23.9 Å². The Labute approximate surface area is 236 Å². The summed E-state index contributed by atoms with van der Waals surface area (Å²) < 4.78 is 40.8. The standard InChI is InChI=1S/C24H23Cl2F3N8O3/c25-15-7-5-14(6-8-15)21(30)36(12-18(38)24(27,28)29)23(40)32-11-19-33-22(35-10-9-31-20(39)13-35)37(34-19)17-4-2-1-3-16(17)26/h1-8,18,30,38H,9-13H2,(H,31,39)(H,32,40)/t18-/m0/s1. The lowest BCUT2D eigenvalue weighted by atomic mass is 10.2. The number of urea groups is 1. The predicted octanol–water partition coefficient (Wildman–Crippen LogP) is 2.97. The van der Waals surface area contributed by atoms with Crippen LogP contribution in [0.5, 0.6) is 0 Å². The number of para-hydroxylation sites is 1. The number of aliphatic hydroxyl groups excluding tert-OH is 1. The number of benzene rings is 2. The van der Waals surface area contributed by atoms with Crippen molar-refractivity contribution in [3.05, 3.63) is 70.0 Å². The van der Waals surface area contributed by atoms with E-state index >= 15 is 0 Å². The van der Waals surface area contributed by atoms with E-state index in [1.165, 1.54) is 28.9 Å². The highest BCUT2D eigenvalue weighted by molar-refractivity contribution is 6.32. The lowest BCUT2D eigenvalue weighted by Crippen LogP contribution is -2.50. The van der Waals surface area contributed by atoms with Gasteiger partial charge in [-0.1, -0.05) is 35.3 Å². The van der Waals surface area contributed by atoms with Crippen molar-refractivity contribution in [2.45, 2.75) is 18.8 Å². The van der Waals surface area contributed by atoms with Crippen LogP contribution >= 0.6 is 23.2 Å². The van der Waals surface area contributed by atoms with Gasteiger partial charge < -0.3 is 20.6 Å². The van der Waals surface area contributed by atoms with Gasteiger partial charge in [-0.2, -0.15) is 22.8 Å². The first kappa shape index (κ1) is 29.1. The van der Waals surface area contributed by atoms with Gasteiger partial charge in [0.25, 0.3) is 0 Å². The number of piperazine rings is 1. The molecule has 3 aromatic rings. The van der Waals surface area contributed by atoms with Crippen molar-refractivity contribution < 1.29 is 27.9 Å². The molecule has 2 heterocycles. The van der Waals surface area contributed by atoms with Crippen molar-refractivity contribution in [1.29, 1.82) is 5.41 Å². The number of aromatic nitrogens is 3. The topological polar surface area (TPSA) is 139 Å². The summed E-state index contributed by atoms with van der Waals surface area (Å²) >= 11 is 12.2. The second-order valence-corrected chi connectivity index (χ2v) is 9.49. The lowest BCUT2D eigenvalue weighted by molar-refractivity contribution is -0.204. The summed E-state index contributed by atoms with van der Waals surface area (Å²) in [6.45, 7) is -0.801. The molecule has 3 amide bonds. The summed E-state index contributed by atoms with van der Waals surface area (Å²) in [4.78, 5) is 31.6. The second-order valence-electron chi connectivity index (χ2n) is 8.64. The number of amides is 3. The van der Waals surface area contributed by atoms with E-state index in [2.05, 4.69) is 20.7 Å². The Morgan fingerprint density at radius 1 is 1.20 bits per heavy atom. The highest BCUT2D eigenvalue weighted by atomic mass is 35.5. The molecule has 0 aliphatic carbocycles. The van der Waals surface area contributed by atoms with Gasteiger partial charge in [-0.15, -0.1) is 5.10 Å². The van der Waals surface area contributed by atoms with Crippen molar-refractivity contribution in [3.63, 3.8) is 0 Å². The molecule has 212 valence electrons. The molecule has 0 saturated carbocycles. The van der Waals surface area contributed by atoms with Gasteiger partial charge in [-0.25, -0.2) is 4.79 Å². The Morgan fingerprint density at radius 3 is 2.55 bits per heavy atom. The minimum absolute atomic E-state index is 0.00366. The van der Waals surface area contributed by atoms with E-state index in [4.69, 9.17) is 28.6 Å². The molecular formula is C24H23Cl2F3N8O3. The summed E-state index contributed by atoms with van der Waals surface area (Å²) in [5.74, 6) is -0.490. The fourth-order valence-electron chi connectivity index (χ4n) is 3.79. The third-order valence-electron chi connectivity index (χ3n) is 5.80. The molecule has 0 unspecified atom stereocenters. The molecule has 2 aromatic carbocycles. The molecule has 0 radical (unpaired) electrons. The third-order valence-corrected chi connectivity index (χ3v) is 6.37. The Hall–Kier alpha value is -3.88. The van der Waals surface area contributed by atoms with Crippen LogP contribution in [0.25, 0.3) is 5.69 Å². The first-order chi connectivity index (χ1) is 18.9. The first-order valence-corrected chi connectivity index (χ1v) is 12.6. The SMILES string of the molecule is N=C(c1ccc(Cl)cc1)N(C[C@H](O)C(F)(F)F)C(=O)NCc1nc(N2CCNC(=O)C2)n(-c2ccccc2Cl)n1. The Morgan fingerprint density at radius 2 is 1.90 bits per heavy atom. The van der Waals surface area contributed by atoms with E-state index < -0.39 is 30.7 Å². The summed E-state index contributed by atoms with van der Waals surface area (Å²) in [5, 5.41) is 28.2. The van der Waals surface area contributed by atoms with Crippen molar-refractivity contribution in [3.8, 4) is 5.69 Å². The first-order valence-electron chi connectivity index (χ1n) is 11.8. The van der Waals surface area contributed by atoms with E-state index in [1.807, 2.05) is 0 Å². The number of nitrogens with zero attached hydrogens (tertiary/aromatic N) is 5. The highest BCUT2D eigenvalue weighted by Crippen LogP contribution is 2.25. The van der Waals surface area contributed by atoms with Gasteiger partial charge in [0.1, 0.15) is 5.84 Å². The molecule has 4 rings (SSSR count). The second kappa shape index (κ2) is 12.1. The average molecular weight is 599 g/mol. The molecule has 1 aliphatic heterocycles. The molecule has 4 N–H and O–H groups in total. The fraction of sp³-hybridized carbons (Fsp3) is 0.292. The van der Waals surface area contributed by atoms with E-state index in [9.17, 15) is 27.9 Å². The maximum atomic E-state index is 13.1. The Kier molecular flexibility index (Phi) is 8.81. The van der Waals surface area contributed by atoms with Gasteiger partial charge in [-0.3, -0.25) is 15.1 Å². The maximum Gasteiger partial charge on any atom is 0.416 e. The highest BCUT2D eigenvalue weighted by Gasteiger charge is 2.41. The van der Waals surface area contributed by atoms with Crippen LogP contribution in [-0.2, 0) is 11.3 Å². The lowest BCUT2D eigenvalue weighted by Gasteiger charge is -2.27. The Bertz CT molecular complexity index is 1400. The molecule has 1 atom stereocenters. The van der Waals surface area contributed by atoms with Crippen LogP contribution in [-0.4, -0.2) is 81.0 Å². The molecule has 1 fully saturated rings. The number of alkyl halides is 3. The van der Waals surface area contributed by atoms with Crippen LogP contribution in [0.1, 0.15) is 11.4 Å². The minimum atomic E-state index is -5.02. The third kappa shape index (κ3) is 6.81. The molecular weight excluding hydrogens is 576 g/mol. The molecule has 11 nitrogen and oxygen atoms in total. The minimum Gasteiger partial charge on any atom is -0.382 e. The summed E-state index contributed by atoms with van der Waals surface area (Å²) in [7, 11) is 0. The van der Waals surface area contributed by atoms with E-state index in [0.717, 1.165) is 0 Å². The molecule has 1 aliphatic rings. The molecule has 1 saturated heterocycles. The van der Waals surface area contributed by atoms with Crippen LogP contribution in [0, 0.1) is 5.41 Å². The number of carbonyl (C=O) groups is 2. The molecule has 40 heavy (non-hydrogen) atoms. The molecule has 16 heteroatoms. The number of nitrogens with one attached hydrogen (secondary N) is 3. The fourth-order valence-corrected chi connectivity index (χ4v) is 4.13. The van der Waals surface area contributed by atoms with Gasteiger partial charge in [0.15, 0.2) is 11.9 Å². The van der Waals surface area contributed by atoms with Crippen LogP contribution in [0.2, 0.25) is 10.0 Å². The van der Waals surface area contributed by atoms with Crippen LogP contribution in [0.15, 0.2) is 48.5 Å². The zero-order chi connectivity index (χ0) is 29.0. The maximum absolute atomic E-state index is 13.1. The smallest absolute Gasteiger partial charge is 0.382 e. The van der Waals surface area contributed by atoms with Crippen molar-refractivity contribution in [2.75, 3.05) is 31.1 Å². The molecule has 1 aromatic heterocycles. The Balaban J connectivity index is 1.59. The normalized spacial score (nSPS) is 14.4. The molecule has 0 spiro atoms. The number of anilines is 1. The van der Waals surface area contributed by atoms with E-state index in [1.54, 1.807) is 29.2 Å². The zero-order valence-electron chi connectivity index (χ0n) is 20.6. The zero-order valence-corrected chi connectivity index (χ0v) is 22.1. The number of carbonyl (C=O) groups excluding carboxylic acids is 2. The van der Waals surface area contributed by atoms with E-state index in [0.29, 0.717) is 33.7 Å². The number of halogens is 5. The monoisotopic (exact) mass is 598 g/mol. The van der Waals surface area contributed by atoms with Gasteiger partial charge in [0.05, 0.1) is 30.3 Å². The average Bonchev–Trinajstić information content (AvgIpc) is 3.34. The van der Waals surface area contributed by atoms with Crippen molar-refractivity contribution in [2.24, 2.45) is 0 Å². The number of amidine groups is 1. The number of hydrogen-bond donors (Lipinski definition) is 4. The van der Waals surface area contributed by atoms with Gasteiger partial charge in [-0.05, 0) is 36.4 Å². The summed E-state index contributed by atoms with van der Waals surface area (Å²) in [5.41, 5.74) is 0.551. The largest absolute Gasteiger partial charge is 0.416 e. The predicted molar refractivity (Wildman–Crippen MR) is 141 cm³/mol. The van der Waals surface area contributed by atoms with Crippen LogP contribution < -0.4 is 15.5 Å².